The van der Waals surface area contributed by atoms with Crippen LogP contribution < -0.4 is 9.64 Å². The molecular formula is C25H26N2O4S. The molecule has 3 aromatic rings. The van der Waals surface area contributed by atoms with Crippen LogP contribution in [0.15, 0.2) is 53.9 Å². The summed E-state index contributed by atoms with van der Waals surface area (Å²) < 4.78 is 10.9. The minimum Gasteiger partial charge on any atom is -0.482 e. The number of fused-ring (bicyclic) bond motifs is 1. The zero-order valence-electron chi connectivity index (χ0n) is 18.2. The van der Waals surface area contributed by atoms with E-state index in [9.17, 15) is 9.59 Å². The van der Waals surface area contributed by atoms with Gasteiger partial charge in [0.05, 0.1) is 23.0 Å². The number of benzene rings is 2. The number of anilines is 1. The van der Waals surface area contributed by atoms with E-state index in [-0.39, 0.29) is 19.1 Å². The Balaban J connectivity index is 1.51. The quantitative estimate of drug-likeness (QED) is 0.465. The first-order valence-electron chi connectivity index (χ1n) is 10.7. The fraction of sp³-hybridized carbons (Fsp3) is 0.320. The van der Waals surface area contributed by atoms with Gasteiger partial charge in [0.25, 0.3) is 5.91 Å². The third-order valence-electron chi connectivity index (χ3n) is 5.19. The average molecular weight is 451 g/mol. The molecule has 166 valence electrons. The lowest BCUT2D eigenvalue weighted by molar-refractivity contribution is -0.143. The molecule has 0 unspecified atom stereocenters. The maximum atomic E-state index is 12.5. The standard InChI is InChI=1S/C25H26N2O4S/c1-17(2)10-11-30-25(29)14-27-21-13-19(8-9-22(21)31-15-24(27)28)20-16-32-23(26-20)12-18-6-4-3-5-7-18/h3-9,13,16-17H,10-12,14-15H2,1-2H3. The van der Waals surface area contributed by atoms with Crippen LogP contribution in [0.4, 0.5) is 5.69 Å². The van der Waals surface area contributed by atoms with Gasteiger partial charge in [-0.05, 0) is 36.1 Å². The molecule has 1 aromatic heterocycles. The monoisotopic (exact) mass is 450 g/mol. The molecule has 4 rings (SSSR count). The molecule has 6 nitrogen and oxygen atoms in total. The van der Waals surface area contributed by atoms with E-state index in [0.717, 1.165) is 29.1 Å². The molecule has 0 aliphatic carbocycles. The molecule has 1 aliphatic rings. The van der Waals surface area contributed by atoms with Crippen molar-refractivity contribution in [2.24, 2.45) is 5.92 Å². The summed E-state index contributed by atoms with van der Waals surface area (Å²) >= 11 is 1.60. The van der Waals surface area contributed by atoms with E-state index >= 15 is 0 Å². The highest BCUT2D eigenvalue weighted by Crippen LogP contribution is 2.36. The lowest BCUT2D eigenvalue weighted by atomic mass is 10.1. The van der Waals surface area contributed by atoms with Gasteiger partial charge in [-0.3, -0.25) is 14.5 Å². The molecule has 0 radical (unpaired) electrons. The summed E-state index contributed by atoms with van der Waals surface area (Å²) in [5.74, 6) is 0.332. The van der Waals surface area contributed by atoms with Crippen LogP contribution in [0.2, 0.25) is 0 Å². The summed E-state index contributed by atoms with van der Waals surface area (Å²) in [4.78, 5) is 31.0. The van der Waals surface area contributed by atoms with Crippen LogP contribution in [0.25, 0.3) is 11.3 Å². The predicted molar refractivity (Wildman–Crippen MR) is 125 cm³/mol. The number of nitrogens with zero attached hydrogens (tertiary/aromatic N) is 2. The van der Waals surface area contributed by atoms with Crippen molar-refractivity contribution in [1.29, 1.82) is 0 Å². The molecule has 0 N–H and O–H groups in total. The van der Waals surface area contributed by atoms with Crippen molar-refractivity contribution in [2.75, 3.05) is 24.7 Å². The molecule has 0 spiro atoms. The van der Waals surface area contributed by atoms with Gasteiger partial charge in [0.15, 0.2) is 6.61 Å². The molecule has 0 atom stereocenters. The topological polar surface area (TPSA) is 68.7 Å². The molecule has 2 aromatic carbocycles. The van der Waals surface area contributed by atoms with Crippen LogP contribution in [-0.2, 0) is 20.7 Å². The Morgan fingerprint density at radius 3 is 2.81 bits per heavy atom. The highest BCUT2D eigenvalue weighted by Gasteiger charge is 2.28. The first-order chi connectivity index (χ1) is 15.5. The number of thiazole rings is 1. The van der Waals surface area contributed by atoms with Gasteiger partial charge >= 0.3 is 5.97 Å². The number of esters is 1. The molecular weight excluding hydrogens is 424 g/mol. The number of carbonyl (C=O) groups excluding carboxylic acids is 2. The van der Waals surface area contributed by atoms with Crippen LogP contribution >= 0.6 is 11.3 Å². The van der Waals surface area contributed by atoms with Crippen LogP contribution in [0.3, 0.4) is 0 Å². The third kappa shape index (κ3) is 5.34. The fourth-order valence-electron chi connectivity index (χ4n) is 3.41. The summed E-state index contributed by atoms with van der Waals surface area (Å²) in [6.45, 7) is 4.27. The minimum absolute atomic E-state index is 0.0937. The number of amides is 1. The first kappa shape index (κ1) is 22.0. The smallest absolute Gasteiger partial charge is 0.326 e. The van der Waals surface area contributed by atoms with E-state index in [1.54, 1.807) is 11.3 Å². The number of ether oxygens (including phenoxy) is 2. The normalized spacial score (nSPS) is 13.1. The van der Waals surface area contributed by atoms with E-state index in [0.29, 0.717) is 24.0 Å². The molecule has 2 heterocycles. The van der Waals surface area contributed by atoms with Crippen molar-refractivity contribution in [3.8, 4) is 17.0 Å². The second-order valence-corrected chi connectivity index (χ2v) is 9.09. The van der Waals surface area contributed by atoms with Crippen molar-refractivity contribution in [2.45, 2.75) is 26.7 Å². The van der Waals surface area contributed by atoms with Crippen molar-refractivity contribution in [3.05, 3.63) is 64.5 Å². The Labute approximate surface area is 191 Å². The van der Waals surface area contributed by atoms with Gasteiger partial charge in [-0.25, -0.2) is 4.98 Å². The summed E-state index contributed by atoms with van der Waals surface area (Å²) in [5.41, 5.74) is 3.48. The molecule has 32 heavy (non-hydrogen) atoms. The van der Waals surface area contributed by atoms with E-state index in [1.807, 2.05) is 41.8 Å². The Morgan fingerprint density at radius 2 is 2.03 bits per heavy atom. The maximum Gasteiger partial charge on any atom is 0.326 e. The lowest BCUT2D eigenvalue weighted by Gasteiger charge is -2.29. The Bertz CT molecular complexity index is 1090. The molecule has 0 fully saturated rings. The van der Waals surface area contributed by atoms with Crippen LogP contribution in [0, 0.1) is 5.92 Å². The second-order valence-electron chi connectivity index (χ2n) is 8.14. The molecule has 0 saturated heterocycles. The lowest BCUT2D eigenvalue weighted by Crippen LogP contribution is -2.42. The minimum atomic E-state index is -0.420. The van der Waals surface area contributed by atoms with Gasteiger partial charge < -0.3 is 9.47 Å². The summed E-state index contributed by atoms with van der Waals surface area (Å²) in [6.07, 6.45) is 1.56. The molecule has 7 heteroatoms. The molecule has 0 bridgehead atoms. The third-order valence-corrected chi connectivity index (χ3v) is 6.04. The van der Waals surface area contributed by atoms with Gasteiger partial charge in [0.2, 0.25) is 0 Å². The van der Waals surface area contributed by atoms with Gasteiger partial charge in [0, 0.05) is 17.4 Å². The Hall–Kier alpha value is -3.19. The van der Waals surface area contributed by atoms with Gasteiger partial charge in [-0.1, -0.05) is 44.2 Å². The van der Waals surface area contributed by atoms with Crippen LogP contribution in [-0.4, -0.2) is 36.6 Å². The van der Waals surface area contributed by atoms with E-state index in [4.69, 9.17) is 14.5 Å². The summed E-state index contributed by atoms with van der Waals surface area (Å²) in [6, 6.07) is 15.8. The van der Waals surface area contributed by atoms with Crippen molar-refractivity contribution in [1.82, 2.24) is 4.98 Å². The van der Waals surface area contributed by atoms with Crippen LogP contribution in [0.5, 0.6) is 5.75 Å². The van der Waals surface area contributed by atoms with Crippen molar-refractivity contribution >= 4 is 28.9 Å². The second kappa shape index (κ2) is 9.96. The van der Waals surface area contributed by atoms with E-state index < -0.39 is 5.97 Å². The van der Waals surface area contributed by atoms with Crippen molar-refractivity contribution in [3.63, 3.8) is 0 Å². The van der Waals surface area contributed by atoms with Gasteiger partial charge in [0.1, 0.15) is 12.3 Å². The highest BCUT2D eigenvalue weighted by molar-refractivity contribution is 7.10. The highest BCUT2D eigenvalue weighted by atomic mass is 32.1. The summed E-state index contributed by atoms with van der Waals surface area (Å²) in [7, 11) is 0. The van der Waals surface area contributed by atoms with Gasteiger partial charge in [-0.2, -0.15) is 0 Å². The van der Waals surface area contributed by atoms with Crippen molar-refractivity contribution < 1.29 is 19.1 Å². The summed E-state index contributed by atoms with van der Waals surface area (Å²) in [5, 5.41) is 3.03. The number of carbonyl (C=O) groups is 2. The van der Waals surface area contributed by atoms with Crippen LogP contribution in [0.1, 0.15) is 30.8 Å². The zero-order chi connectivity index (χ0) is 22.5. The number of hydrogen-bond donors (Lipinski definition) is 0. The maximum absolute atomic E-state index is 12.5. The molecule has 0 saturated carbocycles. The largest absolute Gasteiger partial charge is 0.482 e. The predicted octanol–water partition coefficient (Wildman–Crippen LogP) is 4.72. The number of aromatic nitrogens is 1. The molecule has 1 amide bonds. The first-order valence-corrected chi connectivity index (χ1v) is 11.6. The van der Waals surface area contributed by atoms with E-state index in [2.05, 4.69) is 26.0 Å². The Morgan fingerprint density at radius 1 is 1.22 bits per heavy atom. The SMILES string of the molecule is CC(C)CCOC(=O)CN1C(=O)COc2ccc(-c3csc(Cc4ccccc4)n3)cc21. The number of hydrogen-bond acceptors (Lipinski definition) is 6. The fourth-order valence-corrected chi connectivity index (χ4v) is 4.25. The average Bonchev–Trinajstić information content (AvgIpc) is 3.24. The number of rotatable bonds is 8. The zero-order valence-corrected chi connectivity index (χ0v) is 19.1. The Kier molecular flexibility index (Phi) is 6.85. The van der Waals surface area contributed by atoms with Gasteiger partial charge in [-0.15, -0.1) is 11.3 Å². The van der Waals surface area contributed by atoms with E-state index in [1.165, 1.54) is 10.5 Å². The molecule has 1 aliphatic heterocycles.